The van der Waals surface area contributed by atoms with E-state index in [0.29, 0.717) is 52.4 Å². The topological polar surface area (TPSA) is 56.2 Å². The van der Waals surface area contributed by atoms with Crippen LogP contribution in [0.25, 0.3) is 0 Å². The Kier molecular flexibility index (Phi) is 10.1. The summed E-state index contributed by atoms with van der Waals surface area (Å²) < 4.78 is 20.7. The maximum Gasteiger partial charge on any atom is 0.407 e. The lowest BCUT2D eigenvalue weighted by atomic mass is 9.84. The monoisotopic (exact) mass is 485 g/mol. The molecule has 0 radical (unpaired) electrons. The van der Waals surface area contributed by atoms with Crippen LogP contribution in [0.5, 0.6) is 0 Å². The molecule has 192 valence electrons. The maximum atomic E-state index is 14.9. The molecule has 2 unspecified atom stereocenters. The van der Waals surface area contributed by atoms with E-state index in [1.165, 1.54) is 0 Å². The van der Waals surface area contributed by atoms with E-state index in [4.69, 9.17) is 4.74 Å². The zero-order valence-electron chi connectivity index (χ0n) is 21.3. The van der Waals surface area contributed by atoms with Crippen molar-refractivity contribution in [1.82, 2.24) is 14.7 Å². The fourth-order valence-electron chi connectivity index (χ4n) is 4.62. The SMILES string of the molecule is CC(C)(C)C1CN(CCOCC(F)CN(Cc2ccccc2)Cc2ccccc2)CCN1C(=O)O. The number of halogens is 1. The number of hydrogen-bond donors (Lipinski definition) is 1. The highest BCUT2D eigenvalue weighted by atomic mass is 19.1. The van der Waals surface area contributed by atoms with E-state index >= 15 is 0 Å². The number of benzene rings is 2. The molecular weight excluding hydrogens is 445 g/mol. The lowest BCUT2D eigenvalue weighted by molar-refractivity contribution is 0.00238. The Bertz CT molecular complexity index is 850. The van der Waals surface area contributed by atoms with Crippen molar-refractivity contribution in [2.45, 2.75) is 46.1 Å². The number of nitrogens with zero attached hydrogens (tertiary/aromatic N) is 3. The Labute approximate surface area is 209 Å². The maximum absolute atomic E-state index is 14.9. The van der Waals surface area contributed by atoms with Gasteiger partial charge in [-0.3, -0.25) is 9.80 Å². The van der Waals surface area contributed by atoms with E-state index in [1.807, 2.05) is 36.4 Å². The summed E-state index contributed by atoms with van der Waals surface area (Å²) in [6, 6.07) is 20.2. The zero-order valence-corrected chi connectivity index (χ0v) is 21.3. The molecule has 1 heterocycles. The number of amides is 1. The van der Waals surface area contributed by atoms with Gasteiger partial charge >= 0.3 is 6.09 Å². The third kappa shape index (κ3) is 8.91. The van der Waals surface area contributed by atoms with Crippen molar-refractivity contribution in [1.29, 1.82) is 0 Å². The molecule has 1 aliphatic rings. The third-order valence-corrected chi connectivity index (χ3v) is 6.51. The van der Waals surface area contributed by atoms with E-state index in [1.54, 1.807) is 4.90 Å². The summed E-state index contributed by atoms with van der Waals surface area (Å²) in [4.78, 5) is 17.5. The second-order valence-electron chi connectivity index (χ2n) is 10.5. The summed E-state index contributed by atoms with van der Waals surface area (Å²) in [5.74, 6) is 0. The van der Waals surface area contributed by atoms with Crippen LogP contribution in [0.1, 0.15) is 31.9 Å². The molecule has 0 spiro atoms. The Hall–Kier alpha value is -2.48. The van der Waals surface area contributed by atoms with Gasteiger partial charge in [-0.25, -0.2) is 9.18 Å². The van der Waals surface area contributed by atoms with Gasteiger partial charge in [0.05, 0.1) is 19.3 Å². The lowest BCUT2D eigenvalue weighted by Gasteiger charge is -2.46. The van der Waals surface area contributed by atoms with Crippen LogP contribution in [0.3, 0.4) is 0 Å². The Morgan fingerprint density at radius 1 is 1.06 bits per heavy atom. The van der Waals surface area contributed by atoms with Crippen LogP contribution in [-0.2, 0) is 17.8 Å². The van der Waals surface area contributed by atoms with Gasteiger partial charge in [-0.2, -0.15) is 0 Å². The van der Waals surface area contributed by atoms with E-state index in [9.17, 15) is 14.3 Å². The third-order valence-electron chi connectivity index (χ3n) is 6.51. The number of alkyl halides is 1. The van der Waals surface area contributed by atoms with Crippen molar-refractivity contribution in [3.63, 3.8) is 0 Å². The summed E-state index contributed by atoms with van der Waals surface area (Å²) in [5, 5.41) is 9.53. The number of carboxylic acid groups (broad SMARTS) is 1. The molecule has 1 N–H and O–H groups in total. The quantitative estimate of drug-likeness (QED) is 0.466. The molecule has 2 aromatic rings. The molecular formula is C28H40FN3O3. The van der Waals surface area contributed by atoms with Crippen molar-refractivity contribution in [3.05, 3.63) is 71.8 Å². The van der Waals surface area contributed by atoms with Crippen molar-refractivity contribution in [2.24, 2.45) is 5.41 Å². The van der Waals surface area contributed by atoms with Gasteiger partial charge in [-0.1, -0.05) is 81.4 Å². The molecule has 35 heavy (non-hydrogen) atoms. The molecule has 0 aromatic heterocycles. The Morgan fingerprint density at radius 2 is 1.63 bits per heavy atom. The molecule has 7 heteroatoms. The standard InChI is InChI=1S/C28H40FN3O3/c1-28(2,3)26-21-30(14-15-32(26)27(33)34)16-17-35-22-25(29)20-31(18-23-10-6-4-7-11-23)19-24-12-8-5-9-13-24/h4-13,25-26H,14-22H2,1-3H3,(H,33,34). The van der Waals surface area contributed by atoms with Crippen molar-refractivity contribution >= 4 is 6.09 Å². The van der Waals surface area contributed by atoms with Gasteiger partial charge in [0.2, 0.25) is 0 Å². The predicted molar refractivity (Wildman–Crippen MR) is 137 cm³/mol. The fourth-order valence-corrected chi connectivity index (χ4v) is 4.62. The molecule has 1 amide bonds. The molecule has 1 fully saturated rings. The molecule has 1 aliphatic heterocycles. The van der Waals surface area contributed by atoms with Gasteiger partial charge in [-0.05, 0) is 16.5 Å². The van der Waals surface area contributed by atoms with Gasteiger partial charge in [0, 0.05) is 45.8 Å². The molecule has 2 atom stereocenters. The van der Waals surface area contributed by atoms with E-state index in [-0.39, 0.29) is 18.1 Å². The second-order valence-corrected chi connectivity index (χ2v) is 10.5. The van der Waals surface area contributed by atoms with Crippen LogP contribution in [0.4, 0.5) is 9.18 Å². The van der Waals surface area contributed by atoms with Gasteiger partial charge in [0.25, 0.3) is 0 Å². The van der Waals surface area contributed by atoms with Crippen molar-refractivity contribution in [2.75, 3.05) is 45.9 Å². The first-order valence-electron chi connectivity index (χ1n) is 12.5. The van der Waals surface area contributed by atoms with Gasteiger partial charge in [0.15, 0.2) is 0 Å². The molecule has 2 aromatic carbocycles. The first kappa shape index (κ1) is 27.1. The fraction of sp³-hybridized carbons (Fsp3) is 0.536. The average molecular weight is 486 g/mol. The highest BCUT2D eigenvalue weighted by molar-refractivity contribution is 5.65. The number of ether oxygens (including phenoxy) is 1. The zero-order chi connectivity index (χ0) is 25.3. The minimum atomic E-state index is -1.09. The summed E-state index contributed by atoms with van der Waals surface area (Å²) in [5.41, 5.74) is 2.17. The smallest absolute Gasteiger partial charge is 0.407 e. The lowest BCUT2D eigenvalue weighted by Crippen LogP contribution is -2.59. The summed E-state index contributed by atoms with van der Waals surface area (Å²) in [7, 11) is 0. The Balaban J connectivity index is 1.46. The average Bonchev–Trinajstić information content (AvgIpc) is 2.82. The summed E-state index contributed by atoms with van der Waals surface area (Å²) in [6.45, 7) is 10.8. The number of rotatable bonds is 11. The Morgan fingerprint density at radius 3 is 2.14 bits per heavy atom. The first-order valence-corrected chi connectivity index (χ1v) is 12.5. The minimum Gasteiger partial charge on any atom is -0.465 e. The van der Waals surface area contributed by atoms with Crippen LogP contribution in [0, 0.1) is 5.41 Å². The number of piperazine rings is 1. The van der Waals surface area contributed by atoms with Crippen LogP contribution in [-0.4, -0.2) is 84.1 Å². The van der Waals surface area contributed by atoms with Crippen molar-refractivity contribution < 1.29 is 19.0 Å². The number of hydrogen-bond acceptors (Lipinski definition) is 4. The van der Waals surface area contributed by atoms with Crippen LogP contribution in [0.15, 0.2) is 60.7 Å². The normalized spacial score (nSPS) is 18.1. The van der Waals surface area contributed by atoms with E-state index in [0.717, 1.165) is 11.1 Å². The van der Waals surface area contributed by atoms with Crippen LogP contribution >= 0.6 is 0 Å². The minimum absolute atomic E-state index is 0.0534. The predicted octanol–water partition coefficient (Wildman–Crippen LogP) is 4.75. The van der Waals surface area contributed by atoms with E-state index in [2.05, 4.69) is 54.8 Å². The highest BCUT2D eigenvalue weighted by Gasteiger charge is 2.37. The highest BCUT2D eigenvalue weighted by Crippen LogP contribution is 2.27. The molecule has 1 saturated heterocycles. The van der Waals surface area contributed by atoms with Crippen LogP contribution in [0.2, 0.25) is 0 Å². The van der Waals surface area contributed by atoms with Gasteiger partial charge in [-0.15, -0.1) is 0 Å². The van der Waals surface area contributed by atoms with Gasteiger partial charge < -0.3 is 14.7 Å². The van der Waals surface area contributed by atoms with Crippen molar-refractivity contribution in [3.8, 4) is 0 Å². The number of carbonyl (C=O) groups is 1. The largest absolute Gasteiger partial charge is 0.465 e. The molecule has 0 bridgehead atoms. The van der Waals surface area contributed by atoms with E-state index < -0.39 is 12.3 Å². The molecule has 3 rings (SSSR count). The molecule has 6 nitrogen and oxygen atoms in total. The summed E-state index contributed by atoms with van der Waals surface area (Å²) in [6.07, 6.45) is -1.95. The molecule has 0 saturated carbocycles. The molecule has 0 aliphatic carbocycles. The second kappa shape index (κ2) is 13.0. The van der Waals surface area contributed by atoms with Gasteiger partial charge in [0.1, 0.15) is 6.17 Å². The van der Waals surface area contributed by atoms with Crippen LogP contribution < -0.4 is 0 Å². The first-order chi connectivity index (χ1) is 16.7. The summed E-state index contributed by atoms with van der Waals surface area (Å²) >= 11 is 0.